The summed E-state index contributed by atoms with van der Waals surface area (Å²) in [6.45, 7) is 1.10. The molecule has 1 aliphatic carbocycles. The van der Waals surface area contributed by atoms with Crippen LogP contribution in [0.4, 0.5) is 0 Å². The van der Waals surface area contributed by atoms with Crippen LogP contribution >= 0.6 is 0 Å². The van der Waals surface area contributed by atoms with E-state index in [-0.39, 0.29) is 5.41 Å². The second-order valence-electron chi connectivity index (χ2n) is 6.29. The maximum Gasteiger partial charge on any atom is 0.0193 e. The Balaban J connectivity index is 1.95. The van der Waals surface area contributed by atoms with Crippen LogP contribution in [-0.4, -0.2) is 25.5 Å². The van der Waals surface area contributed by atoms with Crippen LogP contribution in [0.5, 0.6) is 0 Å². The highest BCUT2D eigenvalue weighted by Crippen LogP contribution is 2.41. The van der Waals surface area contributed by atoms with Crippen molar-refractivity contribution in [3.63, 3.8) is 0 Å². The number of nitrogens with zero attached hydrogens (tertiary/aromatic N) is 1. The van der Waals surface area contributed by atoms with E-state index < -0.39 is 0 Å². The second kappa shape index (κ2) is 5.87. The minimum absolute atomic E-state index is 0.141. The quantitative estimate of drug-likeness (QED) is 0.793. The summed E-state index contributed by atoms with van der Waals surface area (Å²) < 4.78 is 0. The topological polar surface area (TPSA) is 3.24 Å². The Morgan fingerprint density at radius 3 is 2.38 bits per heavy atom. The van der Waals surface area contributed by atoms with Crippen molar-refractivity contribution in [1.29, 1.82) is 0 Å². The van der Waals surface area contributed by atoms with Gasteiger partial charge in [0.25, 0.3) is 0 Å². The van der Waals surface area contributed by atoms with E-state index in [4.69, 9.17) is 0 Å². The molecule has 2 aromatic rings. The summed E-state index contributed by atoms with van der Waals surface area (Å²) in [5, 5.41) is 0. The van der Waals surface area contributed by atoms with Crippen molar-refractivity contribution < 1.29 is 0 Å². The summed E-state index contributed by atoms with van der Waals surface area (Å²) in [6.07, 6.45) is 6.96. The van der Waals surface area contributed by atoms with Gasteiger partial charge in [-0.25, -0.2) is 0 Å². The Bertz CT molecular complexity index is 627. The van der Waals surface area contributed by atoms with Gasteiger partial charge in [0.1, 0.15) is 0 Å². The van der Waals surface area contributed by atoms with E-state index in [1.807, 2.05) is 0 Å². The van der Waals surface area contributed by atoms with Gasteiger partial charge in [-0.05, 0) is 50.2 Å². The van der Waals surface area contributed by atoms with Gasteiger partial charge in [0.15, 0.2) is 0 Å². The molecule has 1 atom stereocenters. The fraction of sp³-hybridized carbons (Fsp3) is 0.300. The summed E-state index contributed by atoms with van der Waals surface area (Å²) in [5.74, 6) is 0. The van der Waals surface area contributed by atoms with Crippen LogP contribution in [0.1, 0.15) is 23.1 Å². The molecule has 0 spiro atoms. The minimum Gasteiger partial charge on any atom is -0.309 e. The first-order valence-corrected chi connectivity index (χ1v) is 7.67. The molecule has 1 aliphatic rings. The molecule has 0 saturated heterocycles. The van der Waals surface area contributed by atoms with E-state index >= 15 is 0 Å². The van der Waals surface area contributed by atoms with E-state index in [1.54, 1.807) is 0 Å². The lowest BCUT2D eigenvalue weighted by atomic mass is 9.74. The van der Waals surface area contributed by atoms with Gasteiger partial charge in [0.05, 0.1) is 0 Å². The van der Waals surface area contributed by atoms with Gasteiger partial charge >= 0.3 is 0 Å². The van der Waals surface area contributed by atoms with Crippen molar-refractivity contribution >= 4 is 6.08 Å². The highest BCUT2D eigenvalue weighted by atomic mass is 15.0. The highest BCUT2D eigenvalue weighted by Gasteiger charge is 2.34. The van der Waals surface area contributed by atoms with E-state index in [2.05, 4.69) is 85.7 Å². The molecule has 21 heavy (non-hydrogen) atoms. The molecule has 1 heteroatoms. The van der Waals surface area contributed by atoms with Crippen LogP contribution < -0.4 is 0 Å². The predicted octanol–water partition coefficient (Wildman–Crippen LogP) is 4.15. The summed E-state index contributed by atoms with van der Waals surface area (Å²) in [6, 6.07) is 19.7. The van der Waals surface area contributed by atoms with Gasteiger partial charge in [-0.1, -0.05) is 66.7 Å². The number of fused-ring (bicyclic) bond motifs is 1. The van der Waals surface area contributed by atoms with Gasteiger partial charge in [0.2, 0.25) is 0 Å². The first-order chi connectivity index (χ1) is 10.2. The fourth-order valence-corrected chi connectivity index (χ4v) is 3.28. The average molecular weight is 277 g/mol. The Hall–Kier alpha value is -1.86. The van der Waals surface area contributed by atoms with E-state index in [1.165, 1.54) is 16.7 Å². The first-order valence-electron chi connectivity index (χ1n) is 7.67. The number of hydrogen-bond acceptors (Lipinski definition) is 1. The molecule has 0 fully saturated rings. The fourth-order valence-electron chi connectivity index (χ4n) is 3.28. The lowest BCUT2D eigenvalue weighted by molar-refractivity contribution is 0.349. The molecule has 0 heterocycles. The number of allylic oxidation sites excluding steroid dienone is 1. The molecule has 0 saturated carbocycles. The smallest absolute Gasteiger partial charge is 0.0193 e. The van der Waals surface area contributed by atoms with E-state index in [0.717, 1.165) is 19.4 Å². The molecule has 0 amide bonds. The van der Waals surface area contributed by atoms with Crippen LogP contribution in [0.3, 0.4) is 0 Å². The van der Waals surface area contributed by atoms with E-state index in [0.29, 0.717) is 0 Å². The molecular weight excluding hydrogens is 254 g/mol. The predicted molar refractivity (Wildman–Crippen MR) is 90.5 cm³/mol. The SMILES string of the molecule is CN(C)CCC1(Cc2ccccc2)C=Cc2ccccc21. The van der Waals surface area contributed by atoms with Crippen molar-refractivity contribution in [3.05, 3.63) is 77.4 Å². The Morgan fingerprint density at radius 2 is 1.62 bits per heavy atom. The Morgan fingerprint density at radius 1 is 0.905 bits per heavy atom. The third kappa shape index (κ3) is 2.93. The number of benzene rings is 2. The number of hydrogen-bond donors (Lipinski definition) is 0. The lowest BCUT2D eigenvalue weighted by Gasteiger charge is -2.31. The molecule has 0 aromatic heterocycles. The van der Waals surface area contributed by atoms with Crippen molar-refractivity contribution in [2.24, 2.45) is 0 Å². The Kier molecular flexibility index (Phi) is 3.94. The molecule has 0 bridgehead atoms. The standard InChI is InChI=1S/C20H23N/c1-21(2)15-14-20(16-17-8-4-3-5-9-17)13-12-18-10-6-7-11-19(18)20/h3-13H,14-16H2,1-2H3. The monoisotopic (exact) mass is 277 g/mol. The zero-order valence-electron chi connectivity index (χ0n) is 12.9. The third-order valence-corrected chi connectivity index (χ3v) is 4.45. The van der Waals surface area contributed by atoms with Crippen molar-refractivity contribution in [2.75, 3.05) is 20.6 Å². The Labute approximate surface area is 127 Å². The average Bonchev–Trinajstić information content (AvgIpc) is 2.86. The number of rotatable bonds is 5. The van der Waals surface area contributed by atoms with Gasteiger partial charge in [-0.3, -0.25) is 0 Å². The van der Waals surface area contributed by atoms with Crippen molar-refractivity contribution in [2.45, 2.75) is 18.3 Å². The van der Waals surface area contributed by atoms with Gasteiger partial charge in [-0.2, -0.15) is 0 Å². The van der Waals surface area contributed by atoms with Gasteiger partial charge in [-0.15, -0.1) is 0 Å². The molecule has 108 valence electrons. The van der Waals surface area contributed by atoms with Crippen LogP contribution in [-0.2, 0) is 11.8 Å². The second-order valence-corrected chi connectivity index (χ2v) is 6.29. The van der Waals surface area contributed by atoms with Crippen LogP contribution in [0.15, 0.2) is 60.7 Å². The zero-order valence-corrected chi connectivity index (χ0v) is 12.9. The lowest BCUT2D eigenvalue weighted by Crippen LogP contribution is -2.30. The van der Waals surface area contributed by atoms with Crippen molar-refractivity contribution in [3.8, 4) is 0 Å². The first kappa shape index (κ1) is 14.1. The van der Waals surface area contributed by atoms with Crippen molar-refractivity contribution in [1.82, 2.24) is 4.90 Å². The van der Waals surface area contributed by atoms with E-state index in [9.17, 15) is 0 Å². The molecule has 3 rings (SSSR count). The van der Waals surface area contributed by atoms with Crippen LogP contribution in [0, 0.1) is 0 Å². The van der Waals surface area contributed by atoms with Crippen LogP contribution in [0.25, 0.3) is 6.08 Å². The summed E-state index contributed by atoms with van der Waals surface area (Å²) in [5.41, 5.74) is 4.42. The molecule has 0 N–H and O–H groups in total. The zero-order chi connectivity index (χ0) is 14.7. The molecule has 1 nitrogen and oxygen atoms in total. The molecule has 0 radical (unpaired) electrons. The molecule has 0 aliphatic heterocycles. The summed E-state index contributed by atoms with van der Waals surface area (Å²) in [7, 11) is 4.31. The maximum absolute atomic E-state index is 2.42. The third-order valence-electron chi connectivity index (χ3n) is 4.45. The highest BCUT2D eigenvalue weighted by molar-refractivity contribution is 5.65. The largest absolute Gasteiger partial charge is 0.309 e. The summed E-state index contributed by atoms with van der Waals surface area (Å²) in [4.78, 5) is 2.28. The van der Waals surface area contributed by atoms with Crippen LogP contribution in [0.2, 0.25) is 0 Å². The van der Waals surface area contributed by atoms with Gasteiger partial charge in [0, 0.05) is 5.41 Å². The molecular formula is C20H23N. The maximum atomic E-state index is 2.42. The molecule has 1 unspecified atom stereocenters. The minimum atomic E-state index is 0.141. The molecule has 2 aromatic carbocycles. The summed E-state index contributed by atoms with van der Waals surface area (Å²) >= 11 is 0. The normalized spacial score (nSPS) is 20.0. The van der Waals surface area contributed by atoms with Gasteiger partial charge < -0.3 is 4.90 Å².